The molecule has 0 spiro atoms. The van der Waals surface area contributed by atoms with Gasteiger partial charge in [-0.25, -0.2) is 0 Å². The van der Waals surface area contributed by atoms with Gasteiger partial charge in [0.1, 0.15) is 4.93 Å². The molecule has 0 bridgehead atoms. The minimum atomic E-state index is -0.158. The van der Waals surface area contributed by atoms with Gasteiger partial charge in [0.2, 0.25) is 0 Å². The third-order valence-corrected chi connectivity index (χ3v) is 4.05. The zero-order chi connectivity index (χ0) is 13.4. The van der Waals surface area contributed by atoms with Crippen molar-refractivity contribution >= 4 is 11.8 Å². The number of hydrogen-bond acceptors (Lipinski definition) is 2. The molecule has 0 radical (unpaired) electrons. The molecule has 98 valence electrons. The van der Waals surface area contributed by atoms with Crippen molar-refractivity contribution < 1.29 is 4.74 Å². The topological polar surface area (TPSA) is 9.23 Å². The van der Waals surface area contributed by atoms with Crippen LogP contribution in [0.3, 0.4) is 0 Å². The summed E-state index contributed by atoms with van der Waals surface area (Å²) >= 11 is 1.88. The largest absolute Gasteiger partial charge is 0.359 e. The van der Waals surface area contributed by atoms with Crippen molar-refractivity contribution in [2.75, 3.05) is 0 Å². The first-order valence-corrected chi connectivity index (χ1v) is 6.88. The second-order valence-corrected chi connectivity index (χ2v) is 9.89. The SMILES string of the molecule is CC(C)(C)SC(C)(C)OC(C)(C)C(C)(C)C. The summed E-state index contributed by atoms with van der Waals surface area (Å²) in [5.74, 6) is 0. The maximum atomic E-state index is 6.33. The highest BCUT2D eigenvalue weighted by Crippen LogP contribution is 2.43. The smallest absolute Gasteiger partial charge is 0.109 e. The summed E-state index contributed by atoms with van der Waals surface area (Å²) in [4.78, 5) is -0.158. The molecule has 1 nitrogen and oxygen atoms in total. The molecule has 0 heterocycles. The van der Waals surface area contributed by atoms with Crippen LogP contribution in [0.2, 0.25) is 0 Å². The van der Waals surface area contributed by atoms with Crippen LogP contribution in [0.4, 0.5) is 0 Å². The number of ether oxygens (including phenoxy) is 1. The molecule has 0 fully saturated rings. The van der Waals surface area contributed by atoms with Gasteiger partial charge in [-0.3, -0.25) is 0 Å². The third-order valence-electron chi connectivity index (χ3n) is 2.86. The molecule has 0 N–H and O–H groups in total. The van der Waals surface area contributed by atoms with Crippen molar-refractivity contribution in [3.8, 4) is 0 Å². The van der Waals surface area contributed by atoms with Gasteiger partial charge in [-0.2, -0.15) is 0 Å². The third kappa shape index (κ3) is 5.58. The van der Waals surface area contributed by atoms with E-state index in [1.54, 1.807) is 0 Å². The summed E-state index contributed by atoms with van der Waals surface area (Å²) in [6, 6.07) is 0. The van der Waals surface area contributed by atoms with E-state index in [1.165, 1.54) is 0 Å². The fourth-order valence-corrected chi connectivity index (χ4v) is 3.25. The summed E-state index contributed by atoms with van der Waals surface area (Å²) in [6.07, 6.45) is 0. The second-order valence-electron chi connectivity index (χ2n) is 7.48. The molecule has 0 aliphatic heterocycles. The first-order valence-electron chi connectivity index (χ1n) is 6.07. The van der Waals surface area contributed by atoms with Crippen LogP contribution in [0, 0.1) is 5.41 Å². The standard InChI is InChI=1S/C14H30OS/c1-11(2,3)13(7,8)15-14(9,10)16-12(4,5)6/h1-10H3. The molecule has 0 aromatic rings. The van der Waals surface area contributed by atoms with E-state index in [1.807, 2.05) is 11.8 Å². The van der Waals surface area contributed by atoms with Crippen LogP contribution in [-0.4, -0.2) is 15.3 Å². The van der Waals surface area contributed by atoms with Gasteiger partial charge >= 0.3 is 0 Å². The lowest BCUT2D eigenvalue weighted by Gasteiger charge is -2.45. The van der Waals surface area contributed by atoms with Gasteiger partial charge in [0, 0.05) is 4.75 Å². The van der Waals surface area contributed by atoms with Gasteiger partial charge in [-0.05, 0) is 33.1 Å². The van der Waals surface area contributed by atoms with E-state index in [0.29, 0.717) is 0 Å². The number of hydrogen-bond donors (Lipinski definition) is 0. The van der Waals surface area contributed by atoms with Gasteiger partial charge < -0.3 is 4.74 Å². The van der Waals surface area contributed by atoms with Crippen LogP contribution in [0.5, 0.6) is 0 Å². The molecule has 0 rings (SSSR count). The monoisotopic (exact) mass is 246 g/mol. The van der Waals surface area contributed by atoms with Crippen molar-refractivity contribution in [3.05, 3.63) is 0 Å². The van der Waals surface area contributed by atoms with Crippen LogP contribution in [0.25, 0.3) is 0 Å². The lowest BCUT2D eigenvalue weighted by Crippen LogP contribution is -2.45. The van der Waals surface area contributed by atoms with E-state index in [2.05, 4.69) is 69.2 Å². The fraction of sp³-hybridized carbons (Fsp3) is 1.00. The molecule has 0 amide bonds. The van der Waals surface area contributed by atoms with E-state index in [-0.39, 0.29) is 20.7 Å². The maximum Gasteiger partial charge on any atom is 0.109 e. The minimum absolute atomic E-state index is 0.130. The highest BCUT2D eigenvalue weighted by Gasteiger charge is 2.40. The zero-order valence-corrected chi connectivity index (χ0v) is 13.6. The fourth-order valence-electron chi connectivity index (χ4n) is 1.53. The minimum Gasteiger partial charge on any atom is -0.359 e. The van der Waals surface area contributed by atoms with E-state index in [4.69, 9.17) is 4.74 Å². The van der Waals surface area contributed by atoms with Gasteiger partial charge in [0.15, 0.2) is 0 Å². The number of thioether (sulfide) groups is 1. The maximum absolute atomic E-state index is 6.33. The van der Waals surface area contributed by atoms with Gasteiger partial charge in [-0.1, -0.05) is 41.5 Å². The summed E-state index contributed by atoms with van der Waals surface area (Å²) in [7, 11) is 0. The van der Waals surface area contributed by atoms with Crippen molar-refractivity contribution in [3.63, 3.8) is 0 Å². The molecular weight excluding hydrogens is 216 g/mol. The molecular formula is C14H30OS. The van der Waals surface area contributed by atoms with Gasteiger partial charge in [-0.15, -0.1) is 11.8 Å². The van der Waals surface area contributed by atoms with Crippen LogP contribution in [-0.2, 0) is 4.74 Å². The van der Waals surface area contributed by atoms with Crippen molar-refractivity contribution in [2.24, 2.45) is 5.41 Å². The average molecular weight is 246 g/mol. The Morgan fingerprint density at radius 2 is 1.06 bits per heavy atom. The Morgan fingerprint density at radius 1 is 0.688 bits per heavy atom. The van der Waals surface area contributed by atoms with Gasteiger partial charge in [0.25, 0.3) is 0 Å². The summed E-state index contributed by atoms with van der Waals surface area (Å²) in [5.41, 5.74) is 0.0114. The Morgan fingerprint density at radius 3 is 1.31 bits per heavy atom. The second kappa shape index (κ2) is 4.53. The first-order chi connectivity index (χ1) is 6.66. The summed E-state index contributed by atoms with van der Waals surface area (Å²) in [5, 5.41) is 0. The normalized spacial score (nSPS) is 15.4. The predicted molar refractivity (Wildman–Crippen MR) is 76.0 cm³/mol. The van der Waals surface area contributed by atoms with Crippen LogP contribution in [0.1, 0.15) is 69.2 Å². The highest BCUT2D eigenvalue weighted by atomic mass is 32.2. The Hall–Kier alpha value is 0.310. The molecule has 0 unspecified atom stereocenters. The van der Waals surface area contributed by atoms with E-state index in [9.17, 15) is 0 Å². The Labute approximate surface area is 107 Å². The van der Waals surface area contributed by atoms with Crippen molar-refractivity contribution in [2.45, 2.75) is 84.5 Å². The molecule has 16 heavy (non-hydrogen) atoms. The molecule has 0 aromatic carbocycles. The molecule has 0 aliphatic carbocycles. The van der Waals surface area contributed by atoms with Crippen molar-refractivity contribution in [1.29, 1.82) is 0 Å². The Kier molecular flexibility index (Phi) is 4.62. The molecule has 0 saturated carbocycles. The molecule has 2 heteroatoms. The molecule has 0 aromatic heterocycles. The summed E-state index contributed by atoms with van der Waals surface area (Å²) < 4.78 is 6.55. The number of rotatable bonds is 3. The lowest BCUT2D eigenvalue weighted by atomic mass is 9.79. The first kappa shape index (κ1) is 16.3. The molecule has 0 atom stereocenters. The highest BCUT2D eigenvalue weighted by molar-refractivity contribution is 8.01. The van der Waals surface area contributed by atoms with Crippen molar-refractivity contribution in [1.82, 2.24) is 0 Å². The zero-order valence-electron chi connectivity index (χ0n) is 12.8. The van der Waals surface area contributed by atoms with Gasteiger partial charge in [0.05, 0.1) is 5.60 Å². The molecule has 0 aliphatic rings. The molecule has 0 saturated heterocycles. The van der Waals surface area contributed by atoms with Crippen LogP contribution >= 0.6 is 11.8 Å². The quantitative estimate of drug-likeness (QED) is 0.641. The lowest BCUT2D eigenvalue weighted by molar-refractivity contribution is -0.133. The van der Waals surface area contributed by atoms with E-state index in [0.717, 1.165) is 0 Å². The Balaban J connectivity index is 4.72. The van der Waals surface area contributed by atoms with E-state index >= 15 is 0 Å². The summed E-state index contributed by atoms with van der Waals surface area (Å²) in [6.45, 7) is 22.1. The van der Waals surface area contributed by atoms with Crippen LogP contribution < -0.4 is 0 Å². The average Bonchev–Trinajstić information content (AvgIpc) is 1.72. The Bertz CT molecular complexity index is 228. The van der Waals surface area contributed by atoms with E-state index < -0.39 is 0 Å². The predicted octanol–water partition coefficient (Wildman–Crippen LogP) is 5.10. The van der Waals surface area contributed by atoms with Crippen LogP contribution in [0.15, 0.2) is 0 Å².